The lowest BCUT2D eigenvalue weighted by atomic mass is 9.93. The minimum atomic E-state index is -1.01. The zero-order valence-corrected chi connectivity index (χ0v) is 14.8. The number of aliphatic hydroxyl groups excluding tert-OH is 2. The molecule has 0 bridgehead atoms. The number of methoxy groups -OCH3 is 1. The minimum Gasteiger partial charge on any atom is -0.497 e. The van der Waals surface area contributed by atoms with Gasteiger partial charge >= 0.3 is 0 Å². The van der Waals surface area contributed by atoms with Crippen LogP contribution in [0.2, 0.25) is 0 Å². The molecule has 7 nitrogen and oxygen atoms in total. The van der Waals surface area contributed by atoms with Gasteiger partial charge in [-0.25, -0.2) is 0 Å². The molecule has 0 aromatic heterocycles. The highest BCUT2D eigenvalue weighted by Crippen LogP contribution is 2.30. The number of rotatable bonds is 5. The van der Waals surface area contributed by atoms with E-state index in [-0.39, 0.29) is 12.7 Å². The molecule has 5 atom stereocenters. The molecule has 0 radical (unpaired) electrons. The first-order chi connectivity index (χ1) is 12.0. The van der Waals surface area contributed by atoms with Gasteiger partial charge in [0.2, 0.25) is 0 Å². The molecule has 0 amide bonds. The predicted octanol–water partition coefficient (Wildman–Crippen LogP) is 0.433. The summed E-state index contributed by atoms with van der Waals surface area (Å²) in [5, 5.41) is 20.7. The number of hydrogen-bond donors (Lipinski definition) is 2. The standard InChI is InChI=1S/C18H26N2O5/c1-20(2)15-8-13-16(19-15)18(22)17(21)14(25-13)10-24-9-11-4-6-12(23-3)7-5-11/h4-7,13-14,16-18,21-22H,8-10H2,1-3H3/t13-,14-,16+,17-,18-/m1/s1. The number of aliphatic imine (C=N–C) groups is 1. The summed E-state index contributed by atoms with van der Waals surface area (Å²) in [5.41, 5.74) is 1.00. The third-order valence-corrected chi connectivity index (χ3v) is 4.72. The summed E-state index contributed by atoms with van der Waals surface area (Å²) >= 11 is 0. The average Bonchev–Trinajstić information content (AvgIpc) is 3.04. The topological polar surface area (TPSA) is 83.8 Å². The summed E-state index contributed by atoms with van der Waals surface area (Å²) in [6.45, 7) is 0.616. The molecular weight excluding hydrogens is 324 g/mol. The molecule has 1 aromatic rings. The molecule has 1 fully saturated rings. The van der Waals surface area contributed by atoms with E-state index in [9.17, 15) is 10.2 Å². The molecule has 2 aliphatic rings. The number of ether oxygens (including phenoxy) is 3. The van der Waals surface area contributed by atoms with Gasteiger partial charge in [0.25, 0.3) is 0 Å². The summed E-state index contributed by atoms with van der Waals surface area (Å²) in [5.74, 6) is 1.67. The Labute approximate surface area is 147 Å². The fraction of sp³-hybridized carbons (Fsp3) is 0.611. The highest BCUT2D eigenvalue weighted by Gasteiger charge is 2.47. The number of hydrogen-bond acceptors (Lipinski definition) is 7. The van der Waals surface area contributed by atoms with E-state index in [0.29, 0.717) is 13.0 Å². The van der Waals surface area contributed by atoms with Crippen LogP contribution in [0, 0.1) is 0 Å². The van der Waals surface area contributed by atoms with Crippen molar-refractivity contribution in [1.82, 2.24) is 4.90 Å². The van der Waals surface area contributed by atoms with E-state index >= 15 is 0 Å². The lowest BCUT2D eigenvalue weighted by molar-refractivity contribution is -0.189. The molecule has 0 unspecified atom stereocenters. The van der Waals surface area contributed by atoms with E-state index < -0.39 is 24.4 Å². The summed E-state index contributed by atoms with van der Waals surface area (Å²) in [6.07, 6.45) is -2.10. The smallest absolute Gasteiger partial charge is 0.118 e. The Morgan fingerprint density at radius 2 is 1.92 bits per heavy atom. The molecule has 2 aliphatic heterocycles. The SMILES string of the molecule is COc1ccc(COC[C@H]2O[C@@H]3CC(N(C)C)=N[C@@H]3[C@@H](O)[C@@H]2O)cc1. The van der Waals surface area contributed by atoms with Crippen molar-refractivity contribution in [3.8, 4) is 5.75 Å². The van der Waals surface area contributed by atoms with Gasteiger partial charge in [0.15, 0.2) is 0 Å². The molecule has 2 heterocycles. The molecule has 1 aromatic carbocycles. The van der Waals surface area contributed by atoms with Gasteiger partial charge in [0.1, 0.15) is 35.9 Å². The highest BCUT2D eigenvalue weighted by molar-refractivity contribution is 5.84. The number of benzene rings is 1. The molecule has 0 spiro atoms. The highest BCUT2D eigenvalue weighted by atomic mass is 16.6. The van der Waals surface area contributed by atoms with E-state index in [1.165, 1.54) is 0 Å². The van der Waals surface area contributed by atoms with E-state index in [1.807, 2.05) is 43.3 Å². The van der Waals surface area contributed by atoms with Crippen molar-refractivity contribution < 1.29 is 24.4 Å². The Bertz CT molecular complexity index is 604. The first kappa shape index (κ1) is 18.1. The van der Waals surface area contributed by atoms with E-state index in [4.69, 9.17) is 14.2 Å². The third kappa shape index (κ3) is 3.95. The minimum absolute atomic E-state index is 0.213. The molecule has 0 saturated carbocycles. The normalized spacial score (nSPS) is 31.4. The Morgan fingerprint density at radius 3 is 2.56 bits per heavy atom. The van der Waals surface area contributed by atoms with Gasteiger partial charge in [-0.1, -0.05) is 12.1 Å². The Balaban J connectivity index is 1.53. The maximum Gasteiger partial charge on any atom is 0.118 e. The molecular formula is C18H26N2O5. The number of nitrogens with zero attached hydrogens (tertiary/aromatic N) is 2. The van der Waals surface area contributed by atoms with Crippen molar-refractivity contribution in [2.45, 2.75) is 43.5 Å². The Hall–Kier alpha value is -1.67. The van der Waals surface area contributed by atoms with Crippen LogP contribution >= 0.6 is 0 Å². The van der Waals surface area contributed by atoms with Crippen LogP contribution in [0.15, 0.2) is 29.3 Å². The second-order valence-electron chi connectivity index (χ2n) is 6.69. The average molecular weight is 350 g/mol. The molecule has 25 heavy (non-hydrogen) atoms. The lowest BCUT2D eigenvalue weighted by Gasteiger charge is -2.38. The third-order valence-electron chi connectivity index (χ3n) is 4.72. The van der Waals surface area contributed by atoms with Crippen molar-refractivity contribution in [3.63, 3.8) is 0 Å². The van der Waals surface area contributed by atoms with Gasteiger partial charge in [-0.3, -0.25) is 4.99 Å². The Kier molecular flexibility index (Phi) is 5.58. The summed E-state index contributed by atoms with van der Waals surface area (Å²) in [4.78, 5) is 6.39. The number of fused-ring (bicyclic) bond motifs is 1. The van der Waals surface area contributed by atoms with Gasteiger partial charge in [0.05, 0.1) is 26.4 Å². The second kappa shape index (κ2) is 7.70. The number of aliphatic hydroxyl groups is 2. The maximum atomic E-state index is 10.4. The van der Waals surface area contributed by atoms with Gasteiger partial charge in [-0.15, -0.1) is 0 Å². The summed E-state index contributed by atoms with van der Waals surface area (Å²) in [7, 11) is 5.45. The monoisotopic (exact) mass is 350 g/mol. The molecule has 138 valence electrons. The summed E-state index contributed by atoms with van der Waals surface area (Å²) < 4.78 is 16.8. The molecule has 7 heteroatoms. The van der Waals surface area contributed by atoms with Gasteiger partial charge in [0, 0.05) is 20.5 Å². The van der Waals surface area contributed by atoms with Crippen LogP contribution in [-0.2, 0) is 16.1 Å². The fourth-order valence-electron chi connectivity index (χ4n) is 3.21. The van der Waals surface area contributed by atoms with Crippen molar-refractivity contribution in [1.29, 1.82) is 0 Å². The van der Waals surface area contributed by atoms with Crippen LogP contribution in [0.5, 0.6) is 5.75 Å². The first-order valence-corrected chi connectivity index (χ1v) is 8.46. The van der Waals surface area contributed by atoms with Crippen LogP contribution in [-0.4, -0.2) is 79.2 Å². The van der Waals surface area contributed by atoms with Crippen LogP contribution in [0.3, 0.4) is 0 Å². The molecule has 0 aliphatic carbocycles. The molecule has 1 saturated heterocycles. The fourth-order valence-corrected chi connectivity index (χ4v) is 3.21. The van der Waals surface area contributed by atoms with Crippen LogP contribution in [0.1, 0.15) is 12.0 Å². The van der Waals surface area contributed by atoms with Gasteiger partial charge in [-0.05, 0) is 17.7 Å². The largest absolute Gasteiger partial charge is 0.497 e. The van der Waals surface area contributed by atoms with Crippen molar-refractivity contribution in [3.05, 3.63) is 29.8 Å². The van der Waals surface area contributed by atoms with E-state index in [2.05, 4.69) is 4.99 Å². The van der Waals surface area contributed by atoms with Crippen molar-refractivity contribution in [2.24, 2.45) is 4.99 Å². The van der Waals surface area contributed by atoms with Gasteiger partial charge in [-0.2, -0.15) is 0 Å². The lowest BCUT2D eigenvalue weighted by Crippen LogP contribution is -2.56. The Morgan fingerprint density at radius 1 is 1.20 bits per heavy atom. The molecule has 3 rings (SSSR count). The van der Waals surface area contributed by atoms with Crippen molar-refractivity contribution >= 4 is 5.84 Å². The van der Waals surface area contributed by atoms with Crippen LogP contribution in [0.4, 0.5) is 0 Å². The zero-order chi connectivity index (χ0) is 18.0. The van der Waals surface area contributed by atoms with E-state index in [0.717, 1.165) is 17.1 Å². The van der Waals surface area contributed by atoms with Crippen molar-refractivity contribution in [2.75, 3.05) is 27.8 Å². The van der Waals surface area contributed by atoms with E-state index in [1.54, 1.807) is 7.11 Å². The summed E-state index contributed by atoms with van der Waals surface area (Å²) in [6, 6.07) is 7.19. The quantitative estimate of drug-likeness (QED) is 0.801. The zero-order valence-electron chi connectivity index (χ0n) is 14.8. The van der Waals surface area contributed by atoms with Crippen LogP contribution in [0.25, 0.3) is 0 Å². The molecule has 2 N–H and O–H groups in total. The number of amidine groups is 1. The predicted molar refractivity (Wildman–Crippen MR) is 92.9 cm³/mol. The van der Waals surface area contributed by atoms with Crippen LogP contribution < -0.4 is 4.74 Å². The first-order valence-electron chi connectivity index (χ1n) is 8.46. The van der Waals surface area contributed by atoms with Gasteiger partial charge < -0.3 is 29.3 Å². The second-order valence-corrected chi connectivity index (χ2v) is 6.69. The maximum absolute atomic E-state index is 10.4.